The van der Waals surface area contributed by atoms with E-state index >= 15 is 0 Å². The monoisotopic (exact) mass is 253 g/mol. The summed E-state index contributed by atoms with van der Waals surface area (Å²) < 4.78 is 0. The van der Waals surface area contributed by atoms with Crippen LogP contribution in [0.25, 0.3) is 0 Å². The van der Waals surface area contributed by atoms with Crippen molar-refractivity contribution >= 4 is 11.6 Å². The van der Waals surface area contributed by atoms with Gasteiger partial charge in [-0.25, -0.2) is 0 Å². The molecule has 1 aromatic rings. The molecule has 0 aliphatic heterocycles. The molecule has 1 fully saturated rings. The molecule has 0 unspecified atom stereocenters. The van der Waals surface area contributed by atoms with Crippen LogP contribution in [-0.2, 0) is 5.41 Å². The maximum Gasteiger partial charge on any atom is 0.122 e. The SMILES string of the molecule is Cc1cc(Cl)cc(C2(CN)CCCCC2)c1O. The zero-order valence-corrected chi connectivity index (χ0v) is 11.1. The molecule has 94 valence electrons. The summed E-state index contributed by atoms with van der Waals surface area (Å²) in [5.41, 5.74) is 7.70. The average Bonchev–Trinajstić information content (AvgIpc) is 2.34. The third-order valence-corrected chi connectivity index (χ3v) is 4.26. The Morgan fingerprint density at radius 3 is 2.53 bits per heavy atom. The molecule has 1 aromatic carbocycles. The van der Waals surface area contributed by atoms with Gasteiger partial charge in [-0.05, 0) is 37.5 Å². The maximum atomic E-state index is 10.3. The van der Waals surface area contributed by atoms with Gasteiger partial charge in [-0.15, -0.1) is 0 Å². The summed E-state index contributed by atoms with van der Waals surface area (Å²) in [6.07, 6.45) is 5.74. The fourth-order valence-corrected chi connectivity index (χ4v) is 3.22. The Labute approximate surface area is 108 Å². The highest BCUT2D eigenvalue weighted by Crippen LogP contribution is 2.44. The van der Waals surface area contributed by atoms with E-state index in [1.165, 1.54) is 19.3 Å². The first-order chi connectivity index (χ1) is 8.09. The molecule has 17 heavy (non-hydrogen) atoms. The Kier molecular flexibility index (Phi) is 3.64. The Morgan fingerprint density at radius 2 is 1.94 bits per heavy atom. The van der Waals surface area contributed by atoms with Crippen LogP contribution >= 0.6 is 11.6 Å². The van der Waals surface area contributed by atoms with E-state index in [-0.39, 0.29) is 5.41 Å². The molecule has 1 saturated carbocycles. The summed E-state index contributed by atoms with van der Waals surface area (Å²) in [6, 6.07) is 3.69. The highest BCUT2D eigenvalue weighted by Gasteiger charge is 2.35. The van der Waals surface area contributed by atoms with Gasteiger partial charge in [0.25, 0.3) is 0 Å². The third kappa shape index (κ3) is 2.29. The fourth-order valence-electron chi connectivity index (χ4n) is 2.95. The van der Waals surface area contributed by atoms with Crippen LogP contribution in [0.1, 0.15) is 43.2 Å². The number of rotatable bonds is 2. The number of phenolic OH excluding ortho intramolecular Hbond substituents is 1. The van der Waals surface area contributed by atoms with E-state index in [4.69, 9.17) is 17.3 Å². The van der Waals surface area contributed by atoms with Gasteiger partial charge in [-0.3, -0.25) is 0 Å². The summed E-state index contributed by atoms with van der Waals surface area (Å²) in [5, 5.41) is 10.9. The average molecular weight is 254 g/mol. The molecule has 2 rings (SSSR count). The molecule has 3 N–H and O–H groups in total. The van der Waals surface area contributed by atoms with Crippen LogP contribution in [0.15, 0.2) is 12.1 Å². The van der Waals surface area contributed by atoms with Crippen molar-refractivity contribution in [2.75, 3.05) is 6.54 Å². The minimum atomic E-state index is -0.0714. The summed E-state index contributed by atoms with van der Waals surface area (Å²) in [4.78, 5) is 0. The zero-order chi connectivity index (χ0) is 12.5. The molecule has 0 bridgehead atoms. The van der Waals surface area contributed by atoms with Crippen LogP contribution in [0.4, 0.5) is 0 Å². The maximum absolute atomic E-state index is 10.3. The van der Waals surface area contributed by atoms with E-state index in [0.717, 1.165) is 24.0 Å². The number of hydrogen-bond donors (Lipinski definition) is 2. The lowest BCUT2D eigenvalue weighted by molar-refractivity contribution is 0.290. The smallest absolute Gasteiger partial charge is 0.122 e. The molecule has 2 nitrogen and oxygen atoms in total. The first-order valence-electron chi connectivity index (χ1n) is 6.29. The van der Waals surface area contributed by atoms with E-state index in [9.17, 15) is 5.11 Å². The van der Waals surface area contributed by atoms with E-state index in [0.29, 0.717) is 17.3 Å². The van der Waals surface area contributed by atoms with Gasteiger partial charge < -0.3 is 10.8 Å². The number of aromatic hydroxyl groups is 1. The van der Waals surface area contributed by atoms with E-state index in [1.54, 1.807) is 6.07 Å². The number of benzene rings is 1. The van der Waals surface area contributed by atoms with E-state index < -0.39 is 0 Å². The van der Waals surface area contributed by atoms with Crippen LogP contribution in [0.3, 0.4) is 0 Å². The highest BCUT2D eigenvalue weighted by atomic mass is 35.5. The van der Waals surface area contributed by atoms with Gasteiger partial charge in [0.1, 0.15) is 5.75 Å². The van der Waals surface area contributed by atoms with Gasteiger partial charge in [0, 0.05) is 22.5 Å². The third-order valence-electron chi connectivity index (χ3n) is 4.04. The van der Waals surface area contributed by atoms with Crippen LogP contribution in [0.5, 0.6) is 5.75 Å². The highest BCUT2D eigenvalue weighted by molar-refractivity contribution is 6.30. The Balaban J connectivity index is 2.49. The number of nitrogens with two attached hydrogens (primary N) is 1. The van der Waals surface area contributed by atoms with Gasteiger partial charge in [0.2, 0.25) is 0 Å². The van der Waals surface area contributed by atoms with Crippen molar-refractivity contribution in [2.45, 2.75) is 44.4 Å². The molecule has 1 aliphatic carbocycles. The standard InChI is InChI=1S/C14H20ClNO/c1-10-7-11(15)8-12(13(10)17)14(9-16)5-3-2-4-6-14/h7-8,17H,2-6,9,16H2,1H3. The first-order valence-corrected chi connectivity index (χ1v) is 6.66. The lowest BCUT2D eigenvalue weighted by atomic mass is 9.69. The summed E-state index contributed by atoms with van der Waals surface area (Å²) in [5.74, 6) is 0.377. The first kappa shape index (κ1) is 12.7. The Hall–Kier alpha value is -0.730. The second kappa shape index (κ2) is 4.87. The van der Waals surface area contributed by atoms with Crippen molar-refractivity contribution in [1.29, 1.82) is 0 Å². The number of phenols is 1. The molecule has 0 amide bonds. The lowest BCUT2D eigenvalue weighted by Crippen LogP contribution is -2.37. The van der Waals surface area contributed by atoms with Crippen LogP contribution in [0, 0.1) is 6.92 Å². The molecular weight excluding hydrogens is 234 g/mol. The summed E-state index contributed by atoms with van der Waals surface area (Å²) in [7, 11) is 0. The second-order valence-electron chi connectivity index (χ2n) is 5.16. The van der Waals surface area contributed by atoms with Gasteiger partial charge in [0.15, 0.2) is 0 Å². The van der Waals surface area contributed by atoms with Crippen LogP contribution in [-0.4, -0.2) is 11.7 Å². The van der Waals surface area contributed by atoms with Crippen molar-refractivity contribution in [3.8, 4) is 5.75 Å². The number of aryl methyl sites for hydroxylation is 1. The summed E-state index contributed by atoms with van der Waals surface area (Å²) in [6.45, 7) is 2.47. The van der Waals surface area contributed by atoms with Gasteiger partial charge in [-0.1, -0.05) is 30.9 Å². The van der Waals surface area contributed by atoms with Crippen molar-refractivity contribution < 1.29 is 5.11 Å². The van der Waals surface area contributed by atoms with Gasteiger partial charge >= 0.3 is 0 Å². The number of halogens is 1. The van der Waals surface area contributed by atoms with Gasteiger partial charge in [0.05, 0.1) is 0 Å². The quantitative estimate of drug-likeness (QED) is 0.847. The van der Waals surface area contributed by atoms with Crippen LogP contribution in [0.2, 0.25) is 5.02 Å². The van der Waals surface area contributed by atoms with E-state index in [2.05, 4.69) is 0 Å². The number of hydrogen-bond acceptors (Lipinski definition) is 2. The van der Waals surface area contributed by atoms with Gasteiger partial charge in [-0.2, -0.15) is 0 Å². The zero-order valence-electron chi connectivity index (χ0n) is 10.3. The topological polar surface area (TPSA) is 46.2 Å². The molecule has 0 atom stereocenters. The molecule has 3 heteroatoms. The molecule has 0 heterocycles. The molecule has 0 saturated heterocycles. The van der Waals surface area contributed by atoms with Crippen LogP contribution < -0.4 is 5.73 Å². The largest absolute Gasteiger partial charge is 0.507 e. The lowest BCUT2D eigenvalue weighted by Gasteiger charge is -2.37. The second-order valence-corrected chi connectivity index (χ2v) is 5.60. The molecule has 0 aromatic heterocycles. The van der Waals surface area contributed by atoms with E-state index in [1.807, 2.05) is 13.0 Å². The molecule has 1 aliphatic rings. The summed E-state index contributed by atoms with van der Waals surface area (Å²) >= 11 is 6.11. The predicted octanol–water partition coefficient (Wildman–Crippen LogP) is 3.51. The minimum Gasteiger partial charge on any atom is -0.507 e. The van der Waals surface area contributed by atoms with Crippen molar-refractivity contribution in [2.24, 2.45) is 5.73 Å². The Bertz CT molecular complexity index is 411. The van der Waals surface area contributed by atoms with Crippen molar-refractivity contribution in [3.63, 3.8) is 0 Å². The molecule has 0 radical (unpaired) electrons. The molecular formula is C14H20ClNO. The molecule has 0 spiro atoms. The normalized spacial score (nSPS) is 19.2. The Morgan fingerprint density at radius 1 is 1.29 bits per heavy atom. The van der Waals surface area contributed by atoms with Crippen molar-refractivity contribution in [3.05, 3.63) is 28.3 Å². The van der Waals surface area contributed by atoms with Crippen molar-refractivity contribution in [1.82, 2.24) is 0 Å². The minimum absolute atomic E-state index is 0.0714. The fraction of sp³-hybridized carbons (Fsp3) is 0.571. The predicted molar refractivity (Wildman–Crippen MR) is 71.7 cm³/mol.